The Balaban J connectivity index is 1.79. The van der Waals surface area contributed by atoms with Crippen LogP contribution in [0, 0.1) is 5.92 Å². The number of para-hydroxylation sites is 1. The molecule has 0 radical (unpaired) electrons. The quantitative estimate of drug-likeness (QED) is 0.678. The highest BCUT2D eigenvalue weighted by Crippen LogP contribution is 2.15. The predicted molar refractivity (Wildman–Crippen MR) is 83.0 cm³/mol. The molecule has 1 aromatic rings. The molecule has 1 unspecified atom stereocenters. The van der Waals surface area contributed by atoms with Crippen LogP contribution >= 0.6 is 0 Å². The number of ether oxygens (including phenoxy) is 1. The van der Waals surface area contributed by atoms with Gasteiger partial charge in [0.2, 0.25) is 0 Å². The maximum Gasteiger partial charge on any atom is 0.191 e. The summed E-state index contributed by atoms with van der Waals surface area (Å²) in [5.74, 6) is 2.33. The molecule has 110 valence electrons. The number of nitrogens with zero attached hydrogens (tertiary/aromatic N) is 2. The van der Waals surface area contributed by atoms with Gasteiger partial charge in [-0.05, 0) is 37.8 Å². The van der Waals surface area contributed by atoms with Crippen molar-refractivity contribution in [3.05, 3.63) is 30.3 Å². The fourth-order valence-corrected chi connectivity index (χ4v) is 2.33. The zero-order chi connectivity index (χ0) is 14.4. The number of hydrogen-bond acceptors (Lipinski definition) is 2. The van der Waals surface area contributed by atoms with Gasteiger partial charge in [0, 0.05) is 13.1 Å². The average Bonchev–Trinajstić information content (AvgIpc) is 2.46. The van der Waals surface area contributed by atoms with E-state index in [9.17, 15) is 0 Å². The summed E-state index contributed by atoms with van der Waals surface area (Å²) in [6.45, 7) is 6.93. The molecule has 0 spiro atoms. The Labute approximate surface area is 121 Å². The highest BCUT2D eigenvalue weighted by Gasteiger charge is 2.17. The molecular formula is C16H25N3O. The van der Waals surface area contributed by atoms with Crippen molar-refractivity contribution in [3.8, 4) is 5.75 Å². The van der Waals surface area contributed by atoms with E-state index in [0.29, 0.717) is 12.5 Å². The molecule has 4 nitrogen and oxygen atoms in total. The van der Waals surface area contributed by atoms with Crippen LogP contribution in [0.3, 0.4) is 0 Å². The molecule has 0 aromatic heterocycles. The zero-order valence-electron chi connectivity index (χ0n) is 12.5. The maximum atomic E-state index is 6.06. The number of piperidine rings is 1. The van der Waals surface area contributed by atoms with Crippen LogP contribution in [0.5, 0.6) is 5.75 Å². The van der Waals surface area contributed by atoms with Gasteiger partial charge in [-0.3, -0.25) is 0 Å². The second kappa shape index (κ2) is 7.17. The molecule has 0 saturated carbocycles. The summed E-state index contributed by atoms with van der Waals surface area (Å²) in [7, 11) is 0. The molecule has 2 N–H and O–H groups in total. The van der Waals surface area contributed by atoms with Crippen molar-refractivity contribution in [1.29, 1.82) is 0 Å². The SMILES string of the molecule is CC1CCN(C(N)=NCC(C)Oc2ccccc2)CC1. The zero-order valence-corrected chi connectivity index (χ0v) is 12.5. The third-order valence-electron chi connectivity index (χ3n) is 3.70. The molecule has 0 aliphatic carbocycles. The van der Waals surface area contributed by atoms with Crippen molar-refractivity contribution in [2.45, 2.75) is 32.8 Å². The van der Waals surface area contributed by atoms with Gasteiger partial charge >= 0.3 is 0 Å². The fraction of sp³-hybridized carbons (Fsp3) is 0.562. The topological polar surface area (TPSA) is 50.8 Å². The van der Waals surface area contributed by atoms with Crippen LogP contribution in [-0.4, -0.2) is 36.6 Å². The molecule has 0 bridgehead atoms. The molecule has 1 heterocycles. The van der Waals surface area contributed by atoms with E-state index in [0.717, 1.165) is 24.8 Å². The van der Waals surface area contributed by atoms with Gasteiger partial charge in [-0.1, -0.05) is 25.1 Å². The number of hydrogen-bond donors (Lipinski definition) is 1. The molecule has 20 heavy (non-hydrogen) atoms. The summed E-state index contributed by atoms with van der Waals surface area (Å²) in [5, 5.41) is 0. The van der Waals surface area contributed by atoms with Crippen molar-refractivity contribution in [2.75, 3.05) is 19.6 Å². The minimum Gasteiger partial charge on any atom is -0.489 e. The van der Waals surface area contributed by atoms with Gasteiger partial charge in [-0.15, -0.1) is 0 Å². The monoisotopic (exact) mass is 275 g/mol. The van der Waals surface area contributed by atoms with E-state index in [1.54, 1.807) is 0 Å². The Morgan fingerprint density at radius 3 is 2.65 bits per heavy atom. The van der Waals surface area contributed by atoms with Gasteiger partial charge in [-0.2, -0.15) is 0 Å². The van der Waals surface area contributed by atoms with Crippen LogP contribution in [-0.2, 0) is 0 Å². The number of aliphatic imine (C=N–C) groups is 1. The smallest absolute Gasteiger partial charge is 0.191 e. The molecule has 0 amide bonds. The summed E-state index contributed by atoms with van der Waals surface area (Å²) >= 11 is 0. The molecule has 2 rings (SSSR count). The highest BCUT2D eigenvalue weighted by molar-refractivity contribution is 5.78. The lowest BCUT2D eigenvalue weighted by Gasteiger charge is -2.31. The van der Waals surface area contributed by atoms with Crippen LogP contribution in [0.2, 0.25) is 0 Å². The van der Waals surface area contributed by atoms with Crippen LogP contribution in [0.25, 0.3) is 0 Å². The van der Waals surface area contributed by atoms with E-state index in [4.69, 9.17) is 10.5 Å². The Kier molecular flexibility index (Phi) is 5.27. The predicted octanol–water partition coefficient (Wildman–Crippen LogP) is 2.50. The van der Waals surface area contributed by atoms with E-state index in [1.165, 1.54) is 12.8 Å². The number of rotatable bonds is 4. The standard InChI is InChI=1S/C16H25N3O/c1-13-8-10-19(11-9-13)16(17)18-12-14(2)20-15-6-4-3-5-7-15/h3-7,13-14H,8-12H2,1-2H3,(H2,17,18). The van der Waals surface area contributed by atoms with Crippen LogP contribution in [0.4, 0.5) is 0 Å². The molecular weight excluding hydrogens is 250 g/mol. The first-order valence-electron chi connectivity index (χ1n) is 7.41. The summed E-state index contributed by atoms with van der Waals surface area (Å²) < 4.78 is 5.79. The molecule has 1 atom stereocenters. The fourth-order valence-electron chi connectivity index (χ4n) is 2.33. The van der Waals surface area contributed by atoms with Gasteiger partial charge in [0.1, 0.15) is 11.9 Å². The summed E-state index contributed by atoms with van der Waals surface area (Å²) in [6, 6.07) is 9.82. The first-order valence-corrected chi connectivity index (χ1v) is 7.41. The van der Waals surface area contributed by atoms with Gasteiger partial charge in [0.05, 0.1) is 6.54 Å². The molecule has 4 heteroatoms. The maximum absolute atomic E-state index is 6.06. The van der Waals surface area contributed by atoms with E-state index < -0.39 is 0 Å². The number of likely N-dealkylation sites (tertiary alicyclic amines) is 1. The minimum atomic E-state index is 0.0275. The van der Waals surface area contributed by atoms with E-state index in [-0.39, 0.29) is 6.10 Å². The second-order valence-electron chi connectivity index (χ2n) is 5.61. The van der Waals surface area contributed by atoms with Gasteiger partial charge in [-0.25, -0.2) is 4.99 Å². The lowest BCUT2D eigenvalue weighted by molar-refractivity contribution is 0.228. The normalized spacial score (nSPS) is 18.9. The highest BCUT2D eigenvalue weighted by atomic mass is 16.5. The van der Waals surface area contributed by atoms with E-state index >= 15 is 0 Å². The van der Waals surface area contributed by atoms with Crippen molar-refractivity contribution >= 4 is 5.96 Å². The van der Waals surface area contributed by atoms with Crippen LogP contribution in [0.1, 0.15) is 26.7 Å². The first-order chi connectivity index (χ1) is 9.65. The molecule has 1 aromatic carbocycles. The lowest BCUT2D eigenvalue weighted by Crippen LogP contribution is -2.43. The Hall–Kier alpha value is -1.71. The van der Waals surface area contributed by atoms with Gasteiger partial charge < -0.3 is 15.4 Å². The van der Waals surface area contributed by atoms with Crippen molar-refractivity contribution in [2.24, 2.45) is 16.6 Å². The molecule has 1 aliphatic heterocycles. The average molecular weight is 275 g/mol. The Morgan fingerprint density at radius 2 is 2.00 bits per heavy atom. The second-order valence-corrected chi connectivity index (χ2v) is 5.61. The number of guanidine groups is 1. The van der Waals surface area contributed by atoms with Crippen molar-refractivity contribution in [1.82, 2.24) is 4.90 Å². The molecule has 1 fully saturated rings. The van der Waals surface area contributed by atoms with Crippen LogP contribution in [0.15, 0.2) is 35.3 Å². The van der Waals surface area contributed by atoms with Gasteiger partial charge in [0.15, 0.2) is 5.96 Å². The molecule has 1 saturated heterocycles. The van der Waals surface area contributed by atoms with E-state index in [1.807, 2.05) is 37.3 Å². The van der Waals surface area contributed by atoms with Crippen molar-refractivity contribution in [3.63, 3.8) is 0 Å². The molecule has 1 aliphatic rings. The summed E-state index contributed by atoms with van der Waals surface area (Å²) in [6.07, 6.45) is 2.43. The number of nitrogens with two attached hydrogens (primary N) is 1. The lowest BCUT2D eigenvalue weighted by atomic mass is 10.00. The number of benzene rings is 1. The summed E-state index contributed by atoms with van der Waals surface area (Å²) in [5.41, 5.74) is 6.06. The minimum absolute atomic E-state index is 0.0275. The third kappa shape index (κ3) is 4.44. The largest absolute Gasteiger partial charge is 0.489 e. The van der Waals surface area contributed by atoms with Crippen LogP contribution < -0.4 is 10.5 Å². The van der Waals surface area contributed by atoms with Crippen molar-refractivity contribution < 1.29 is 4.74 Å². The third-order valence-corrected chi connectivity index (χ3v) is 3.70. The Bertz CT molecular complexity index is 425. The first kappa shape index (κ1) is 14.7. The van der Waals surface area contributed by atoms with Gasteiger partial charge in [0.25, 0.3) is 0 Å². The van der Waals surface area contributed by atoms with E-state index in [2.05, 4.69) is 16.8 Å². The Morgan fingerprint density at radius 1 is 1.35 bits per heavy atom. The summed E-state index contributed by atoms with van der Waals surface area (Å²) in [4.78, 5) is 6.64.